The number of para-hydroxylation sites is 1. The minimum atomic E-state index is -1.11. The Balaban J connectivity index is 2.25. The lowest BCUT2D eigenvalue weighted by atomic mass is 10.3. The van der Waals surface area contributed by atoms with Crippen LogP contribution in [0, 0.1) is 0 Å². The smallest absolute Gasteiger partial charge is 0.114 e. The Morgan fingerprint density at radius 3 is 2.40 bits per heavy atom. The third kappa shape index (κ3) is 3.50. The lowest BCUT2D eigenvalue weighted by Crippen LogP contribution is -2.13. The van der Waals surface area contributed by atoms with Gasteiger partial charge in [-0.1, -0.05) is 31.8 Å². The van der Waals surface area contributed by atoms with Crippen LogP contribution in [0.2, 0.25) is 19.6 Å². The number of benzene rings is 1. The van der Waals surface area contributed by atoms with E-state index in [9.17, 15) is 0 Å². The van der Waals surface area contributed by atoms with Crippen molar-refractivity contribution in [2.45, 2.75) is 37.4 Å². The highest BCUT2D eigenvalue weighted by molar-refractivity contribution is 8.28. The number of nitrogens with zero attached hydrogens (tertiary/aromatic N) is 1. The summed E-state index contributed by atoms with van der Waals surface area (Å²) >= 11 is 2.03. The van der Waals surface area contributed by atoms with E-state index in [0.717, 1.165) is 0 Å². The van der Waals surface area contributed by atoms with Gasteiger partial charge in [0.05, 0.1) is 5.69 Å². The van der Waals surface area contributed by atoms with E-state index >= 15 is 0 Å². The van der Waals surface area contributed by atoms with Crippen molar-refractivity contribution in [2.75, 3.05) is 0 Å². The summed E-state index contributed by atoms with van der Waals surface area (Å²) in [6.07, 6.45) is 2.40. The zero-order valence-corrected chi connectivity index (χ0v) is 11.4. The van der Waals surface area contributed by atoms with Crippen molar-refractivity contribution in [3.63, 3.8) is 0 Å². The third-order valence-electron chi connectivity index (χ3n) is 2.03. The standard InChI is InChI=1S/C12H17NSSi/c1-15(2,3)14-12-7-5-4-6-11(12)13-10-8-9-10/h4-7H,8-9H2,1-3H3. The fraction of sp³-hybridized carbons (Fsp3) is 0.417. The minimum Gasteiger partial charge on any atom is -0.257 e. The first-order chi connectivity index (χ1) is 7.04. The van der Waals surface area contributed by atoms with Crippen LogP contribution >= 0.6 is 11.2 Å². The first-order valence-electron chi connectivity index (χ1n) is 5.39. The Kier molecular flexibility index (Phi) is 3.02. The fourth-order valence-electron chi connectivity index (χ4n) is 1.30. The highest BCUT2D eigenvalue weighted by Crippen LogP contribution is 2.37. The second kappa shape index (κ2) is 4.14. The molecule has 1 aliphatic carbocycles. The lowest BCUT2D eigenvalue weighted by molar-refractivity contribution is 1.38. The second-order valence-corrected chi connectivity index (χ2v) is 14.0. The number of hydrogen-bond acceptors (Lipinski definition) is 2. The van der Waals surface area contributed by atoms with E-state index in [4.69, 9.17) is 0 Å². The molecular weight excluding hydrogens is 218 g/mol. The van der Waals surface area contributed by atoms with Crippen LogP contribution in [-0.4, -0.2) is 12.9 Å². The summed E-state index contributed by atoms with van der Waals surface area (Å²) in [5, 5.41) is 0. The van der Waals surface area contributed by atoms with Crippen molar-refractivity contribution < 1.29 is 0 Å². The van der Waals surface area contributed by atoms with Crippen LogP contribution in [0.3, 0.4) is 0 Å². The predicted octanol–water partition coefficient (Wildman–Crippen LogP) is 4.48. The van der Waals surface area contributed by atoms with Crippen LogP contribution in [0.15, 0.2) is 34.2 Å². The molecule has 0 spiro atoms. The average molecular weight is 235 g/mol. The van der Waals surface area contributed by atoms with Crippen LogP contribution in [-0.2, 0) is 0 Å². The molecule has 0 bridgehead atoms. The van der Waals surface area contributed by atoms with Gasteiger partial charge >= 0.3 is 0 Å². The van der Waals surface area contributed by atoms with Gasteiger partial charge in [-0.15, -0.1) is 11.2 Å². The van der Waals surface area contributed by atoms with E-state index < -0.39 is 7.22 Å². The SMILES string of the molecule is C[Si](C)(C)Sc1ccccc1N=C1CC1. The van der Waals surface area contributed by atoms with Crippen molar-refractivity contribution in [3.05, 3.63) is 24.3 Å². The van der Waals surface area contributed by atoms with Gasteiger partial charge in [0.25, 0.3) is 0 Å². The number of rotatable bonds is 3. The minimum absolute atomic E-state index is 1.11. The van der Waals surface area contributed by atoms with Crippen LogP contribution in [0.5, 0.6) is 0 Å². The van der Waals surface area contributed by atoms with Crippen molar-refractivity contribution >= 4 is 29.8 Å². The Bertz CT molecular complexity index is 387. The molecule has 1 saturated carbocycles. The summed E-state index contributed by atoms with van der Waals surface area (Å²) in [6, 6.07) is 8.52. The largest absolute Gasteiger partial charge is 0.257 e. The molecule has 0 N–H and O–H groups in total. The van der Waals surface area contributed by atoms with Gasteiger partial charge in [-0.05, 0) is 25.0 Å². The molecule has 0 atom stereocenters. The van der Waals surface area contributed by atoms with Crippen LogP contribution in [0.4, 0.5) is 5.69 Å². The van der Waals surface area contributed by atoms with Crippen molar-refractivity contribution in [3.8, 4) is 0 Å². The van der Waals surface area contributed by atoms with Gasteiger partial charge in [0, 0.05) is 10.6 Å². The van der Waals surface area contributed by atoms with Crippen LogP contribution in [0.1, 0.15) is 12.8 Å². The molecule has 1 aliphatic rings. The lowest BCUT2D eigenvalue weighted by Gasteiger charge is -2.16. The summed E-state index contributed by atoms with van der Waals surface area (Å²) < 4.78 is 0. The molecule has 0 unspecified atom stereocenters. The highest BCUT2D eigenvalue weighted by atomic mass is 32.4. The summed E-state index contributed by atoms with van der Waals surface area (Å²) in [5.41, 5.74) is 2.54. The summed E-state index contributed by atoms with van der Waals surface area (Å²) in [4.78, 5) is 6.03. The van der Waals surface area contributed by atoms with Crippen molar-refractivity contribution in [1.82, 2.24) is 0 Å². The normalized spacial score (nSPS) is 15.3. The molecule has 2 rings (SSSR count). The Hall–Kier alpha value is -0.543. The van der Waals surface area contributed by atoms with Gasteiger partial charge in [-0.2, -0.15) is 0 Å². The average Bonchev–Trinajstić information content (AvgIpc) is 2.89. The van der Waals surface area contributed by atoms with Gasteiger partial charge in [0.2, 0.25) is 0 Å². The molecular formula is C12H17NSSi. The topological polar surface area (TPSA) is 12.4 Å². The van der Waals surface area contributed by atoms with Gasteiger partial charge < -0.3 is 0 Å². The van der Waals surface area contributed by atoms with Gasteiger partial charge in [0.1, 0.15) is 7.22 Å². The Morgan fingerprint density at radius 1 is 1.13 bits per heavy atom. The number of hydrogen-bond donors (Lipinski definition) is 0. The molecule has 0 amide bonds. The summed E-state index contributed by atoms with van der Waals surface area (Å²) in [7, 11) is -1.11. The maximum Gasteiger partial charge on any atom is 0.114 e. The zero-order chi connectivity index (χ0) is 10.9. The third-order valence-corrected chi connectivity index (χ3v) is 5.71. The predicted molar refractivity (Wildman–Crippen MR) is 72.0 cm³/mol. The Labute approximate surface area is 96.7 Å². The molecule has 3 heteroatoms. The van der Waals surface area contributed by atoms with E-state index in [1.807, 2.05) is 11.2 Å². The molecule has 15 heavy (non-hydrogen) atoms. The first kappa shape index (κ1) is 11.0. The van der Waals surface area contributed by atoms with E-state index in [2.05, 4.69) is 48.9 Å². The monoisotopic (exact) mass is 235 g/mol. The van der Waals surface area contributed by atoms with E-state index in [-0.39, 0.29) is 0 Å². The fourth-order valence-corrected chi connectivity index (χ4v) is 4.83. The molecule has 1 nitrogen and oxygen atoms in total. The molecule has 0 radical (unpaired) electrons. The molecule has 0 aliphatic heterocycles. The zero-order valence-electron chi connectivity index (χ0n) is 9.58. The highest BCUT2D eigenvalue weighted by Gasteiger charge is 2.18. The first-order valence-corrected chi connectivity index (χ1v) is 10.4. The number of aliphatic imine (C=N–C) groups is 1. The van der Waals surface area contributed by atoms with E-state index in [1.54, 1.807) is 0 Å². The van der Waals surface area contributed by atoms with Gasteiger partial charge in [-0.25, -0.2) is 0 Å². The maximum atomic E-state index is 4.67. The van der Waals surface area contributed by atoms with Gasteiger partial charge in [0.15, 0.2) is 0 Å². The molecule has 80 valence electrons. The summed E-state index contributed by atoms with van der Waals surface area (Å²) in [5.74, 6) is 0. The maximum absolute atomic E-state index is 4.67. The molecule has 0 heterocycles. The Morgan fingerprint density at radius 2 is 1.80 bits per heavy atom. The molecule has 0 aromatic heterocycles. The van der Waals surface area contributed by atoms with Gasteiger partial charge in [-0.3, -0.25) is 4.99 Å². The molecule has 1 fully saturated rings. The quantitative estimate of drug-likeness (QED) is 0.704. The molecule has 1 aromatic carbocycles. The van der Waals surface area contributed by atoms with Crippen LogP contribution in [0.25, 0.3) is 0 Å². The molecule has 1 aromatic rings. The van der Waals surface area contributed by atoms with E-state index in [1.165, 1.54) is 29.1 Å². The van der Waals surface area contributed by atoms with Crippen molar-refractivity contribution in [1.29, 1.82) is 0 Å². The van der Waals surface area contributed by atoms with E-state index in [0.29, 0.717) is 0 Å². The van der Waals surface area contributed by atoms with Crippen molar-refractivity contribution in [2.24, 2.45) is 4.99 Å². The van der Waals surface area contributed by atoms with Crippen LogP contribution < -0.4 is 0 Å². The second-order valence-electron chi connectivity index (χ2n) is 4.86. The summed E-state index contributed by atoms with van der Waals surface area (Å²) in [6.45, 7) is 7.12. The molecule has 0 saturated heterocycles.